The Morgan fingerprint density at radius 3 is 2.46 bits per heavy atom. The van der Waals surface area contributed by atoms with Gasteiger partial charge in [0, 0.05) is 6.42 Å². The summed E-state index contributed by atoms with van der Waals surface area (Å²) in [6, 6.07) is 10.3. The summed E-state index contributed by atoms with van der Waals surface area (Å²) in [7, 11) is 0. The monoisotopic (exact) mass is 479 g/mol. The zero-order chi connectivity index (χ0) is 24.8. The van der Waals surface area contributed by atoms with Crippen LogP contribution in [0.4, 0.5) is 0 Å². The van der Waals surface area contributed by atoms with Crippen LogP contribution in [0.5, 0.6) is 0 Å². The quantitative estimate of drug-likeness (QED) is 0.450. The van der Waals surface area contributed by atoms with Crippen molar-refractivity contribution in [2.45, 2.75) is 110 Å². The molecule has 3 heteroatoms. The van der Waals surface area contributed by atoms with Gasteiger partial charge in [-0.05, 0) is 123 Å². The van der Waals surface area contributed by atoms with Crippen LogP contribution in [0.15, 0.2) is 30.3 Å². The summed E-state index contributed by atoms with van der Waals surface area (Å²) < 4.78 is 0. The smallest absolute Gasteiger partial charge is 0.220 e. The van der Waals surface area contributed by atoms with Crippen LogP contribution in [0.3, 0.4) is 0 Å². The molecule has 0 saturated heterocycles. The lowest BCUT2D eigenvalue weighted by Crippen LogP contribution is -2.54. The molecule has 10 atom stereocenters. The van der Waals surface area contributed by atoms with E-state index in [1.807, 2.05) is 18.2 Å². The zero-order valence-electron chi connectivity index (χ0n) is 22.6. The molecule has 2 N–H and O–H groups in total. The minimum Gasteiger partial charge on any atom is -0.393 e. The van der Waals surface area contributed by atoms with Gasteiger partial charge in [-0.25, -0.2) is 0 Å². The number of aliphatic hydroxyl groups excluding tert-OH is 1. The van der Waals surface area contributed by atoms with Crippen molar-refractivity contribution in [3.05, 3.63) is 35.9 Å². The molecular formula is C32H49NO2. The number of fused-ring (bicyclic) bond motifs is 5. The second-order valence-electron chi connectivity index (χ2n) is 13.5. The third kappa shape index (κ3) is 4.60. The van der Waals surface area contributed by atoms with Crippen LogP contribution in [0.1, 0.15) is 110 Å². The van der Waals surface area contributed by atoms with Crippen LogP contribution in [0.2, 0.25) is 0 Å². The Morgan fingerprint density at radius 1 is 0.971 bits per heavy atom. The Kier molecular flexibility index (Phi) is 7.12. The fourth-order valence-electron chi connectivity index (χ4n) is 9.91. The van der Waals surface area contributed by atoms with E-state index in [0.717, 1.165) is 48.9 Å². The summed E-state index contributed by atoms with van der Waals surface area (Å²) in [4.78, 5) is 12.8. The molecule has 194 valence electrons. The molecular weight excluding hydrogens is 430 g/mol. The molecule has 0 bridgehead atoms. The van der Waals surface area contributed by atoms with Crippen molar-refractivity contribution < 1.29 is 9.90 Å². The number of nitrogens with one attached hydrogen (secondary N) is 1. The lowest BCUT2D eigenvalue weighted by molar-refractivity contribution is -0.130. The minimum atomic E-state index is -0.0527. The molecule has 0 aliphatic heterocycles. The van der Waals surface area contributed by atoms with Gasteiger partial charge in [-0.15, -0.1) is 0 Å². The fourth-order valence-corrected chi connectivity index (χ4v) is 9.91. The average Bonchev–Trinajstić information content (AvgIpc) is 3.21. The number of aliphatic hydroxyl groups is 1. The molecule has 1 aromatic carbocycles. The third-order valence-electron chi connectivity index (χ3n) is 11.9. The van der Waals surface area contributed by atoms with Gasteiger partial charge in [0.05, 0.1) is 12.1 Å². The highest BCUT2D eigenvalue weighted by Gasteiger charge is 2.60. The van der Waals surface area contributed by atoms with Gasteiger partial charge in [0.15, 0.2) is 0 Å². The van der Waals surface area contributed by atoms with Crippen molar-refractivity contribution >= 4 is 5.91 Å². The highest BCUT2D eigenvalue weighted by atomic mass is 16.3. The molecule has 3 nitrogen and oxygen atoms in total. The Labute approximate surface area is 213 Å². The lowest BCUT2D eigenvalue weighted by Gasteiger charge is -2.61. The normalized spacial score (nSPS) is 42.3. The highest BCUT2D eigenvalue weighted by Crippen LogP contribution is 2.68. The molecule has 0 aromatic heterocycles. The first-order valence-corrected chi connectivity index (χ1v) is 14.7. The van der Waals surface area contributed by atoms with E-state index in [4.69, 9.17) is 0 Å². The van der Waals surface area contributed by atoms with Crippen LogP contribution in [0, 0.1) is 46.3 Å². The van der Waals surface area contributed by atoms with E-state index in [1.54, 1.807) is 0 Å². The van der Waals surface area contributed by atoms with E-state index >= 15 is 0 Å². The first-order chi connectivity index (χ1) is 16.7. The topological polar surface area (TPSA) is 49.3 Å². The van der Waals surface area contributed by atoms with E-state index in [9.17, 15) is 9.90 Å². The van der Waals surface area contributed by atoms with Gasteiger partial charge in [-0.2, -0.15) is 0 Å². The zero-order valence-corrected chi connectivity index (χ0v) is 22.6. The number of amides is 1. The number of rotatable bonds is 6. The minimum absolute atomic E-state index is 0.0527. The summed E-state index contributed by atoms with van der Waals surface area (Å²) in [6.45, 7) is 9.73. The van der Waals surface area contributed by atoms with E-state index in [0.29, 0.717) is 23.2 Å². The van der Waals surface area contributed by atoms with Gasteiger partial charge in [0.2, 0.25) is 5.91 Å². The van der Waals surface area contributed by atoms with Crippen LogP contribution in [-0.2, 0) is 4.79 Å². The summed E-state index contributed by atoms with van der Waals surface area (Å²) in [5.41, 5.74) is 2.08. The molecule has 0 heterocycles. The van der Waals surface area contributed by atoms with E-state index in [-0.39, 0.29) is 18.1 Å². The van der Waals surface area contributed by atoms with Crippen molar-refractivity contribution in [2.24, 2.45) is 46.3 Å². The molecule has 4 aliphatic carbocycles. The maximum Gasteiger partial charge on any atom is 0.220 e. The summed E-state index contributed by atoms with van der Waals surface area (Å²) in [6.07, 6.45) is 13.1. The summed E-state index contributed by atoms with van der Waals surface area (Å²) in [5, 5.41) is 13.5. The molecule has 4 fully saturated rings. The van der Waals surface area contributed by atoms with Crippen molar-refractivity contribution in [1.82, 2.24) is 5.32 Å². The van der Waals surface area contributed by atoms with Crippen molar-refractivity contribution in [3.8, 4) is 0 Å². The number of carbonyl (C=O) groups is 1. The van der Waals surface area contributed by atoms with Gasteiger partial charge >= 0.3 is 0 Å². The van der Waals surface area contributed by atoms with Gasteiger partial charge < -0.3 is 10.4 Å². The van der Waals surface area contributed by atoms with Gasteiger partial charge in [-0.1, -0.05) is 51.1 Å². The molecule has 4 aliphatic rings. The molecule has 1 aromatic rings. The first kappa shape index (κ1) is 25.3. The van der Waals surface area contributed by atoms with E-state index < -0.39 is 0 Å². The second-order valence-corrected chi connectivity index (χ2v) is 13.5. The van der Waals surface area contributed by atoms with E-state index in [2.05, 4.69) is 45.1 Å². The Morgan fingerprint density at radius 2 is 1.69 bits per heavy atom. The molecule has 0 radical (unpaired) electrons. The summed E-state index contributed by atoms with van der Waals surface area (Å²) >= 11 is 0. The Balaban J connectivity index is 1.19. The van der Waals surface area contributed by atoms with Crippen molar-refractivity contribution in [1.29, 1.82) is 0 Å². The standard InChI is InChI=1S/C32H49NO2/c1-21(10-15-30(35)33-22(2)23-8-6-5-7-9-23)27-13-14-28-26-12-11-24-20-25(34)16-18-31(24,3)29(26)17-19-32(27,28)4/h5-9,21-22,24-29,34H,10-20H2,1-4H3,(H,33,35)/t21-,22-,24-,25-,26?,27-,28?,29?,31+,32-/m1/s1. The largest absolute Gasteiger partial charge is 0.393 e. The Bertz CT molecular complexity index is 885. The number of hydrogen-bond donors (Lipinski definition) is 2. The number of benzene rings is 1. The maximum atomic E-state index is 12.8. The van der Waals surface area contributed by atoms with Crippen molar-refractivity contribution in [2.75, 3.05) is 0 Å². The average molecular weight is 480 g/mol. The highest BCUT2D eigenvalue weighted by molar-refractivity contribution is 5.76. The Hall–Kier alpha value is -1.35. The van der Waals surface area contributed by atoms with Gasteiger partial charge in [0.1, 0.15) is 0 Å². The van der Waals surface area contributed by atoms with Gasteiger partial charge in [-0.3, -0.25) is 4.79 Å². The van der Waals surface area contributed by atoms with Crippen molar-refractivity contribution in [3.63, 3.8) is 0 Å². The molecule has 0 spiro atoms. The van der Waals surface area contributed by atoms with Gasteiger partial charge in [0.25, 0.3) is 0 Å². The summed E-state index contributed by atoms with van der Waals surface area (Å²) in [5.74, 6) is 4.92. The third-order valence-corrected chi connectivity index (χ3v) is 11.9. The number of hydrogen-bond acceptors (Lipinski definition) is 2. The van der Waals surface area contributed by atoms with Crippen LogP contribution in [0.25, 0.3) is 0 Å². The number of carbonyl (C=O) groups excluding carboxylic acids is 1. The predicted octanol–water partition coefficient (Wildman–Crippen LogP) is 7.30. The van der Waals surface area contributed by atoms with Crippen LogP contribution >= 0.6 is 0 Å². The fraction of sp³-hybridized carbons (Fsp3) is 0.781. The molecule has 5 rings (SSSR count). The maximum absolute atomic E-state index is 12.8. The van der Waals surface area contributed by atoms with Crippen LogP contribution in [-0.4, -0.2) is 17.1 Å². The molecule has 1 amide bonds. The molecule has 3 unspecified atom stereocenters. The lowest BCUT2D eigenvalue weighted by atomic mass is 9.44. The predicted molar refractivity (Wildman–Crippen MR) is 143 cm³/mol. The second kappa shape index (κ2) is 9.84. The molecule has 4 saturated carbocycles. The van der Waals surface area contributed by atoms with Crippen LogP contribution < -0.4 is 5.32 Å². The SMILES string of the molecule is C[C@H](CCC(=O)N[C@H](C)c1ccccc1)[C@H]1CCC2C3CC[C@@H]4C[C@H](O)CC[C@]4(C)C3CC[C@@]21C. The first-order valence-electron chi connectivity index (χ1n) is 14.7. The molecule has 35 heavy (non-hydrogen) atoms. The van der Waals surface area contributed by atoms with E-state index in [1.165, 1.54) is 50.5 Å².